The highest BCUT2D eigenvalue weighted by Crippen LogP contribution is 2.32. The zero-order valence-corrected chi connectivity index (χ0v) is 17.0. The molecular formula is C18H28N2O6S. The van der Waals surface area contributed by atoms with Crippen LogP contribution in [0.5, 0.6) is 11.5 Å². The van der Waals surface area contributed by atoms with Crippen LogP contribution < -0.4 is 14.8 Å². The number of carbonyl (C=O) groups excluding carboxylic acids is 1. The summed E-state index contributed by atoms with van der Waals surface area (Å²) in [6, 6.07) is 4.60. The summed E-state index contributed by atoms with van der Waals surface area (Å²) in [5.41, 5.74) is 0. The standard InChI is InChI=1S/C18H28N2O6S/c1-13(12-24-2)19-18(21)14-7-9-20(10-8-14)27(22,23)17-11-15(25-3)5-6-16(17)26-4/h5-6,11,13-14H,7-10,12H2,1-4H3,(H,19,21). The van der Waals surface area contributed by atoms with E-state index in [1.54, 1.807) is 19.2 Å². The molecule has 8 nitrogen and oxygen atoms in total. The molecule has 0 spiro atoms. The Hall–Kier alpha value is -1.84. The van der Waals surface area contributed by atoms with Gasteiger partial charge in [0, 0.05) is 38.2 Å². The van der Waals surface area contributed by atoms with Gasteiger partial charge in [-0.3, -0.25) is 4.79 Å². The fourth-order valence-electron chi connectivity index (χ4n) is 3.14. The number of hydrogen-bond acceptors (Lipinski definition) is 6. The van der Waals surface area contributed by atoms with Crippen LogP contribution in [0.25, 0.3) is 0 Å². The minimum absolute atomic E-state index is 0.0597. The van der Waals surface area contributed by atoms with Gasteiger partial charge in [0.15, 0.2) is 0 Å². The summed E-state index contributed by atoms with van der Waals surface area (Å²) < 4.78 is 42.9. The normalized spacial score (nSPS) is 17.3. The number of amides is 1. The quantitative estimate of drug-likeness (QED) is 0.706. The van der Waals surface area contributed by atoms with Crippen LogP contribution in [-0.2, 0) is 19.6 Å². The maximum atomic E-state index is 13.0. The largest absolute Gasteiger partial charge is 0.497 e. The lowest BCUT2D eigenvalue weighted by Gasteiger charge is -2.31. The maximum absolute atomic E-state index is 13.0. The third kappa shape index (κ3) is 5.12. The van der Waals surface area contributed by atoms with E-state index in [9.17, 15) is 13.2 Å². The number of sulfonamides is 1. The molecule has 2 rings (SSSR count). The SMILES string of the molecule is COCC(C)NC(=O)C1CCN(S(=O)(=O)c2cc(OC)ccc2OC)CC1. The number of ether oxygens (including phenoxy) is 3. The molecule has 1 fully saturated rings. The van der Waals surface area contributed by atoms with Gasteiger partial charge in [-0.05, 0) is 31.9 Å². The fraction of sp³-hybridized carbons (Fsp3) is 0.611. The maximum Gasteiger partial charge on any atom is 0.246 e. The molecule has 9 heteroatoms. The minimum Gasteiger partial charge on any atom is -0.497 e. The molecule has 152 valence electrons. The molecule has 1 atom stereocenters. The van der Waals surface area contributed by atoms with Gasteiger partial charge in [-0.2, -0.15) is 4.31 Å². The van der Waals surface area contributed by atoms with E-state index < -0.39 is 10.0 Å². The number of benzene rings is 1. The smallest absolute Gasteiger partial charge is 0.246 e. The zero-order valence-electron chi connectivity index (χ0n) is 16.2. The van der Waals surface area contributed by atoms with Crippen LogP contribution in [0.15, 0.2) is 23.1 Å². The first-order chi connectivity index (χ1) is 12.8. The molecule has 1 aliphatic rings. The molecule has 1 aliphatic heterocycles. The predicted molar refractivity (Wildman–Crippen MR) is 101 cm³/mol. The molecule has 1 N–H and O–H groups in total. The third-order valence-electron chi connectivity index (χ3n) is 4.62. The van der Waals surface area contributed by atoms with Gasteiger partial charge in [0.05, 0.1) is 20.8 Å². The molecule has 0 bridgehead atoms. The highest BCUT2D eigenvalue weighted by molar-refractivity contribution is 7.89. The number of nitrogens with one attached hydrogen (secondary N) is 1. The van der Waals surface area contributed by atoms with Gasteiger partial charge in [-0.15, -0.1) is 0 Å². The van der Waals surface area contributed by atoms with Crippen LogP contribution in [0.1, 0.15) is 19.8 Å². The number of rotatable bonds is 8. The van der Waals surface area contributed by atoms with E-state index in [1.165, 1.54) is 24.6 Å². The van der Waals surface area contributed by atoms with Crippen LogP contribution in [0.4, 0.5) is 0 Å². The molecule has 0 saturated carbocycles. The van der Waals surface area contributed by atoms with Crippen LogP contribution in [0, 0.1) is 5.92 Å². The molecule has 27 heavy (non-hydrogen) atoms. The lowest BCUT2D eigenvalue weighted by atomic mass is 9.97. The van der Waals surface area contributed by atoms with Gasteiger partial charge in [-0.25, -0.2) is 8.42 Å². The number of nitrogens with zero attached hydrogens (tertiary/aromatic N) is 1. The van der Waals surface area contributed by atoms with Crippen molar-refractivity contribution in [3.63, 3.8) is 0 Å². The first-order valence-corrected chi connectivity index (χ1v) is 10.3. The summed E-state index contributed by atoms with van der Waals surface area (Å²) in [5, 5.41) is 2.90. The molecule has 1 saturated heterocycles. The van der Waals surface area contributed by atoms with Gasteiger partial charge in [0.2, 0.25) is 15.9 Å². The van der Waals surface area contributed by atoms with E-state index in [0.717, 1.165) is 0 Å². The Morgan fingerprint density at radius 1 is 1.22 bits per heavy atom. The van der Waals surface area contributed by atoms with Gasteiger partial charge in [0.1, 0.15) is 16.4 Å². The topological polar surface area (TPSA) is 94.2 Å². The zero-order chi connectivity index (χ0) is 20.0. The molecule has 0 aromatic heterocycles. The lowest BCUT2D eigenvalue weighted by Crippen LogP contribution is -2.45. The van der Waals surface area contributed by atoms with E-state index in [1.807, 2.05) is 6.92 Å². The average Bonchev–Trinajstić information content (AvgIpc) is 2.67. The van der Waals surface area contributed by atoms with E-state index in [4.69, 9.17) is 14.2 Å². The van der Waals surface area contributed by atoms with Crippen LogP contribution in [-0.4, -0.2) is 65.7 Å². The van der Waals surface area contributed by atoms with E-state index >= 15 is 0 Å². The second-order valence-corrected chi connectivity index (χ2v) is 8.47. The van der Waals surface area contributed by atoms with Crippen molar-refractivity contribution in [2.45, 2.75) is 30.7 Å². The molecule has 1 unspecified atom stereocenters. The lowest BCUT2D eigenvalue weighted by molar-refractivity contribution is -0.127. The third-order valence-corrected chi connectivity index (χ3v) is 6.54. The number of piperidine rings is 1. The Morgan fingerprint density at radius 2 is 1.89 bits per heavy atom. The van der Waals surface area contributed by atoms with Crippen molar-refractivity contribution in [2.75, 3.05) is 41.0 Å². The summed E-state index contributed by atoms with van der Waals surface area (Å²) in [6.07, 6.45) is 0.939. The number of hydrogen-bond donors (Lipinski definition) is 1. The van der Waals surface area contributed by atoms with Crippen molar-refractivity contribution in [3.05, 3.63) is 18.2 Å². The molecule has 0 radical (unpaired) electrons. The van der Waals surface area contributed by atoms with Gasteiger partial charge < -0.3 is 19.5 Å². The minimum atomic E-state index is -3.74. The second-order valence-electron chi connectivity index (χ2n) is 6.56. The van der Waals surface area contributed by atoms with Crippen molar-refractivity contribution in [2.24, 2.45) is 5.92 Å². The Bertz CT molecular complexity index is 744. The monoisotopic (exact) mass is 400 g/mol. The van der Waals surface area contributed by atoms with Crippen LogP contribution >= 0.6 is 0 Å². The number of methoxy groups -OCH3 is 3. The molecule has 0 aliphatic carbocycles. The van der Waals surface area contributed by atoms with Crippen molar-refractivity contribution in [1.29, 1.82) is 0 Å². The Labute approximate surface area is 160 Å². The highest BCUT2D eigenvalue weighted by Gasteiger charge is 2.34. The summed E-state index contributed by atoms with van der Waals surface area (Å²) in [7, 11) is 0.749. The first-order valence-electron chi connectivity index (χ1n) is 8.85. The van der Waals surface area contributed by atoms with Crippen LogP contribution in [0.2, 0.25) is 0 Å². The second kappa shape index (κ2) is 9.38. The molecular weight excluding hydrogens is 372 g/mol. The summed E-state index contributed by atoms with van der Waals surface area (Å²) in [5.74, 6) is 0.443. The summed E-state index contributed by atoms with van der Waals surface area (Å²) in [4.78, 5) is 12.4. The average molecular weight is 400 g/mol. The van der Waals surface area contributed by atoms with Crippen molar-refractivity contribution in [3.8, 4) is 11.5 Å². The molecule has 1 aromatic carbocycles. The van der Waals surface area contributed by atoms with Gasteiger partial charge in [0.25, 0.3) is 0 Å². The van der Waals surface area contributed by atoms with Crippen molar-refractivity contribution in [1.82, 2.24) is 9.62 Å². The Balaban J connectivity index is 2.08. The van der Waals surface area contributed by atoms with Crippen molar-refractivity contribution >= 4 is 15.9 Å². The highest BCUT2D eigenvalue weighted by atomic mass is 32.2. The first kappa shape index (κ1) is 21.5. The van der Waals surface area contributed by atoms with Crippen LogP contribution in [0.3, 0.4) is 0 Å². The summed E-state index contributed by atoms with van der Waals surface area (Å²) in [6.45, 7) is 2.86. The molecule has 1 heterocycles. The van der Waals surface area contributed by atoms with E-state index in [-0.39, 0.29) is 41.6 Å². The van der Waals surface area contributed by atoms with Gasteiger partial charge in [-0.1, -0.05) is 0 Å². The summed E-state index contributed by atoms with van der Waals surface area (Å²) >= 11 is 0. The van der Waals surface area contributed by atoms with Crippen molar-refractivity contribution < 1.29 is 27.4 Å². The number of carbonyl (C=O) groups is 1. The molecule has 1 aromatic rings. The Kier molecular flexibility index (Phi) is 7.46. The van der Waals surface area contributed by atoms with Gasteiger partial charge >= 0.3 is 0 Å². The van der Waals surface area contributed by atoms with E-state index in [0.29, 0.717) is 25.2 Å². The predicted octanol–water partition coefficient (Wildman–Crippen LogP) is 1.26. The molecule has 1 amide bonds. The Morgan fingerprint density at radius 3 is 2.44 bits per heavy atom. The fourth-order valence-corrected chi connectivity index (χ4v) is 4.78. The van der Waals surface area contributed by atoms with E-state index in [2.05, 4.69) is 5.32 Å².